The summed E-state index contributed by atoms with van der Waals surface area (Å²) in [5.74, 6) is 1.10. The van der Waals surface area contributed by atoms with Crippen LogP contribution in [-0.4, -0.2) is 45.4 Å². The monoisotopic (exact) mass is 376 g/mol. The summed E-state index contributed by atoms with van der Waals surface area (Å²) >= 11 is 0. The summed E-state index contributed by atoms with van der Waals surface area (Å²) in [7, 11) is 0. The highest BCUT2D eigenvalue weighted by atomic mass is 16.2. The minimum absolute atomic E-state index is 0.0832. The second-order valence-corrected chi connectivity index (χ2v) is 7.94. The van der Waals surface area contributed by atoms with Crippen molar-refractivity contribution in [2.45, 2.75) is 39.2 Å². The van der Waals surface area contributed by atoms with E-state index in [1.54, 1.807) is 18.6 Å². The Balaban J connectivity index is 1.49. The maximum atomic E-state index is 12.5. The minimum Gasteiger partial charge on any atom is -0.356 e. The van der Waals surface area contributed by atoms with E-state index >= 15 is 0 Å². The smallest absolute Gasteiger partial charge is 0.222 e. The number of carbonyl (C=O) groups excluding carboxylic acids is 1. The molecule has 0 N–H and O–H groups in total. The number of pyridine rings is 1. The first kappa shape index (κ1) is 18.4. The number of piperidine rings is 2. The Bertz CT molecular complexity index is 889. The third-order valence-corrected chi connectivity index (χ3v) is 5.80. The fourth-order valence-corrected chi connectivity index (χ4v) is 4.32. The molecule has 0 saturated carbocycles. The number of hydrogen-bond acceptors (Lipinski definition) is 6. The van der Waals surface area contributed by atoms with Crippen molar-refractivity contribution >= 4 is 11.7 Å². The lowest BCUT2D eigenvalue weighted by Gasteiger charge is -2.48. The molecule has 2 aliphatic heterocycles. The third-order valence-electron chi connectivity index (χ3n) is 5.80. The highest BCUT2D eigenvalue weighted by Crippen LogP contribution is 2.40. The van der Waals surface area contributed by atoms with E-state index in [1.165, 1.54) is 0 Å². The molecule has 0 unspecified atom stereocenters. The third kappa shape index (κ3) is 3.81. The molecule has 144 valence electrons. The number of aryl methyl sites for hydroxylation is 1. The number of nitrogens with zero attached hydrogens (tertiary/aromatic N) is 6. The van der Waals surface area contributed by atoms with Crippen molar-refractivity contribution < 1.29 is 4.79 Å². The topological polar surface area (TPSA) is 86.0 Å². The van der Waals surface area contributed by atoms with Crippen LogP contribution in [0.25, 0.3) is 0 Å². The van der Waals surface area contributed by atoms with Gasteiger partial charge in [-0.2, -0.15) is 5.26 Å². The summed E-state index contributed by atoms with van der Waals surface area (Å²) < 4.78 is 0. The van der Waals surface area contributed by atoms with Crippen LogP contribution >= 0.6 is 0 Å². The molecule has 1 spiro atoms. The molecule has 2 aliphatic rings. The van der Waals surface area contributed by atoms with Crippen LogP contribution in [0.2, 0.25) is 0 Å². The molecule has 7 nitrogen and oxygen atoms in total. The molecule has 1 atom stereocenters. The Morgan fingerprint density at radius 2 is 2.04 bits per heavy atom. The second-order valence-electron chi connectivity index (χ2n) is 7.94. The predicted octanol–water partition coefficient (Wildman–Crippen LogP) is 2.46. The first-order valence-electron chi connectivity index (χ1n) is 9.73. The maximum absolute atomic E-state index is 12.5. The Morgan fingerprint density at radius 3 is 2.75 bits per heavy atom. The van der Waals surface area contributed by atoms with Gasteiger partial charge >= 0.3 is 0 Å². The molecule has 0 radical (unpaired) electrons. The van der Waals surface area contributed by atoms with Crippen molar-refractivity contribution in [1.82, 2.24) is 19.9 Å². The molecule has 4 rings (SSSR count). The predicted molar refractivity (Wildman–Crippen MR) is 104 cm³/mol. The number of nitriles is 1. The van der Waals surface area contributed by atoms with Crippen molar-refractivity contribution in [2.24, 2.45) is 5.41 Å². The number of likely N-dealkylation sites (tertiary alicyclic amines) is 1. The number of amides is 1. The second kappa shape index (κ2) is 7.55. The van der Waals surface area contributed by atoms with E-state index < -0.39 is 0 Å². The average Bonchev–Trinajstić information content (AvgIpc) is 2.73. The van der Waals surface area contributed by atoms with Gasteiger partial charge in [-0.25, -0.2) is 4.98 Å². The molecule has 4 heterocycles. The molecule has 28 heavy (non-hydrogen) atoms. The van der Waals surface area contributed by atoms with Gasteiger partial charge in [0.1, 0.15) is 11.9 Å². The molecule has 0 bridgehead atoms. The van der Waals surface area contributed by atoms with Crippen LogP contribution in [0, 0.1) is 23.7 Å². The zero-order chi connectivity index (χ0) is 19.6. The van der Waals surface area contributed by atoms with E-state index in [-0.39, 0.29) is 11.3 Å². The summed E-state index contributed by atoms with van der Waals surface area (Å²) in [6.07, 6.45) is 8.82. The van der Waals surface area contributed by atoms with Crippen LogP contribution in [0.5, 0.6) is 0 Å². The quantitative estimate of drug-likeness (QED) is 0.818. The fourth-order valence-electron chi connectivity index (χ4n) is 4.32. The maximum Gasteiger partial charge on any atom is 0.222 e. The van der Waals surface area contributed by atoms with Crippen molar-refractivity contribution in [2.75, 3.05) is 24.5 Å². The lowest BCUT2D eigenvalue weighted by atomic mass is 9.73. The van der Waals surface area contributed by atoms with Gasteiger partial charge in [0.15, 0.2) is 0 Å². The molecule has 0 aromatic carbocycles. The highest BCUT2D eigenvalue weighted by molar-refractivity contribution is 5.77. The molecule has 0 aliphatic carbocycles. The van der Waals surface area contributed by atoms with Gasteiger partial charge in [0.2, 0.25) is 5.91 Å². The summed E-state index contributed by atoms with van der Waals surface area (Å²) in [4.78, 5) is 30.0. The molecular formula is C21H24N6O. The van der Waals surface area contributed by atoms with Crippen LogP contribution in [-0.2, 0) is 11.3 Å². The lowest BCUT2D eigenvalue weighted by molar-refractivity contribution is -0.138. The zero-order valence-electron chi connectivity index (χ0n) is 16.1. The molecule has 2 aromatic rings. The average molecular weight is 376 g/mol. The largest absolute Gasteiger partial charge is 0.356 e. The SMILES string of the molecule is Cc1cnc(CN2C[C@@]3(CCCN(c4ccc(C#N)cn4)C3)CCC2=O)cn1. The van der Waals surface area contributed by atoms with Crippen LogP contribution in [0.1, 0.15) is 42.6 Å². The van der Waals surface area contributed by atoms with Crippen molar-refractivity contribution in [3.63, 3.8) is 0 Å². The first-order valence-corrected chi connectivity index (χ1v) is 9.73. The van der Waals surface area contributed by atoms with Crippen molar-refractivity contribution in [3.05, 3.63) is 47.7 Å². The van der Waals surface area contributed by atoms with Gasteiger partial charge in [0.25, 0.3) is 0 Å². The van der Waals surface area contributed by atoms with E-state index in [9.17, 15) is 4.79 Å². The summed E-state index contributed by atoms with van der Waals surface area (Å²) in [5, 5.41) is 8.98. The van der Waals surface area contributed by atoms with Gasteiger partial charge in [-0.15, -0.1) is 0 Å². The van der Waals surface area contributed by atoms with Gasteiger partial charge in [-0.1, -0.05) is 0 Å². The van der Waals surface area contributed by atoms with Crippen molar-refractivity contribution in [1.29, 1.82) is 5.26 Å². The van der Waals surface area contributed by atoms with Crippen LogP contribution in [0.15, 0.2) is 30.7 Å². The minimum atomic E-state index is 0.0832. The van der Waals surface area contributed by atoms with Crippen molar-refractivity contribution in [3.8, 4) is 6.07 Å². The normalized spacial score (nSPS) is 22.4. The van der Waals surface area contributed by atoms with Crippen LogP contribution < -0.4 is 4.90 Å². The summed E-state index contributed by atoms with van der Waals surface area (Å²) in [6, 6.07) is 5.85. The Morgan fingerprint density at radius 1 is 1.14 bits per heavy atom. The van der Waals surface area contributed by atoms with Gasteiger partial charge in [-0.05, 0) is 38.3 Å². The van der Waals surface area contributed by atoms with E-state index in [2.05, 4.69) is 25.9 Å². The van der Waals surface area contributed by atoms with Gasteiger partial charge in [0, 0.05) is 43.9 Å². The highest BCUT2D eigenvalue weighted by Gasteiger charge is 2.42. The van der Waals surface area contributed by atoms with Crippen LogP contribution in [0.4, 0.5) is 5.82 Å². The van der Waals surface area contributed by atoms with Crippen LogP contribution in [0.3, 0.4) is 0 Å². The molecule has 7 heteroatoms. The number of carbonyl (C=O) groups is 1. The van der Waals surface area contributed by atoms with Gasteiger partial charge in [-0.3, -0.25) is 14.8 Å². The van der Waals surface area contributed by atoms with E-state index in [0.29, 0.717) is 18.5 Å². The molecule has 2 aromatic heterocycles. The molecule has 2 saturated heterocycles. The molecule has 1 amide bonds. The van der Waals surface area contributed by atoms with Gasteiger partial charge < -0.3 is 9.80 Å². The van der Waals surface area contributed by atoms with E-state index in [4.69, 9.17) is 5.26 Å². The Hall–Kier alpha value is -3.01. The van der Waals surface area contributed by atoms with Gasteiger partial charge in [0.05, 0.1) is 29.7 Å². The number of anilines is 1. The number of aromatic nitrogens is 3. The Labute approximate surface area is 165 Å². The summed E-state index contributed by atoms with van der Waals surface area (Å²) in [6.45, 7) is 5.01. The summed E-state index contributed by atoms with van der Waals surface area (Å²) in [5.41, 5.74) is 2.37. The standard InChI is InChI=1S/C21H24N6O/c1-16-10-24-18(12-23-16)13-27-15-21(7-5-20(27)28)6-2-8-26(14-21)19-4-3-17(9-22)11-25-19/h3-4,10-12H,2,5-8,13-15H2,1H3/t21-/m0/s1. The first-order chi connectivity index (χ1) is 13.6. The molecular weight excluding hydrogens is 352 g/mol. The zero-order valence-corrected chi connectivity index (χ0v) is 16.1. The van der Waals surface area contributed by atoms with E-state index in [1.807, 2.05) is 24.0 Å². The number of hydrogen-bond donors (Lipinski definition) is 0. The lowest BCUT2D eigenvalue weighted by Crippen LogP contribution is -2.54. The fraction of sp³-hybridized carbons (Fsp3) is 0.476. The number of rotatable bonds is 3. The molecule has 2 fully saturated rings. The Kier molecular flexibility index (Phi) is 4.95. The van der Waals surface area contributed by atoms with E-state index in [0.717, 1.165) is 56.1 Å².